The minimum Gasteiger partial charge on any atom is -0.376 e. The van der Waals surface area contributed by atoms with Crippen LogP contribution in [-0.2, 0) is 4.74 Å². The van der Waals surface area contributed by atoms with Gasteiger partial charge in [-0.25, -0.2) is 0 Å². The van der Waals surface area contributed by atoms with Gasteiger partial charge >= 0.3 is 0 Å². The van der Waals surface area contributed by atoms with E-state index in [1.807, 2.05) is 0 Å². The Morgan fingerprint density at radius 3 is 2.36 bits per heavy atom. The molecule has 2 nitrogen and oxygen atoms in total. The zero-order valence-corrected chi connectivity index (χ0v) is 7.60. The smallest absolute Gasteiger partial charge is 0.0703 e. The van der Waals surface area contributed by atoms with Gasteiger partial charge in [-0.2, -0.15) is 0 Å². The van der Waals surface area contributed by atoms with Crippen molar-refractivity contribution in [3.05, 3.63) is 0 Å². The van der Waals surface area contributed by atoms with Crippen LogP contribution in [-0.4, -0.2) is 19.3 Å². The summed E-state index contributed by atoms with van der Waals surface area (Å²) in [5.41, 5.74) is 5.99. The molecule has 66 valence electrons. The summed E-state index contributed by atoms with van der Waals surface area (Å²) >= 11 is 0. The van der Waals surface area contributed by atoms with Crippen molar-refractivity contribution in [2.45, 2.75) is 39.2 Å². The minimum atomic E-state index is 0.329. The Morgan fingerprint density at radius 2 is 2.09 bits per heavy atom. The summed E-state index contributed by atoms with van der Waals surface area (Å²) < 4.78 is 5.57. The Kier molecular flexibility index (Phi) is 2.90. The van der Waals surface area contributed by atoms with E-state index in [1.165, 1.54) is 12.8 Å². The Bertz CT molecular complexity index is 121. The molecule has 0 aliphatic carbocycles. The molecular formula is C9H19NO. The third-order valence-electron chi connectivity index (χ3n) is 3.05. The van der Waals surface area contributed by atoms with Crippen LogP contribution < -0.4 is 5.73 Å². The molecule has 0 aromatic carbocycles. The highest BCUT2D eigenvalue weighted by atomic mass is 16.5. The van der Waals surface area contributed by atoms with Gasteiger partial charge in [-0.3, -0.25) is 0 Å². The van der Waals surface area contributed by atoms with Crippen LogP contribution in [0.3, 0.4) is 0 Å². The maximum atomic E-state index is 5.57. The van der Waals surface area contributed by atoms with Crippen LogP contribution in [0.4, 0.5) is 0 Å². The Balaban J connectivity index is 2.48. The van der Waals surface area contributed by atoms with Gasteiger partial charge in [0.25, 0.3) is 0 Å². The van der Waals surface area contributed by atoms with Crippen molar-refractivity contribution >= 4 is 0 Å². The summed E-state index contributed by atoms with van der Waals surface area (Å²) in [6.45, 7) is 6.08. The topological polar surface area (TPSA) is 35.2 Å². The minimum absolute atomic E-state index is 0.329. The zero-order valence-electron chi connectivity index (χ0n) is 7.60. The molecule has 11 heavy (non-hydrogen) atoms. The van der Waals surface area contributed by atoms with Crippen LogP contribution in [0.25, 0.3) is 0 Å². The van der Waals surface area contributed by atoms with Crippen LogP contribution in [0.2, 0.25) is 0 Å². The molecular weight excluding hydrogens is 138 g/mol. The molecule has 1 rings (SSSR count). The van der Waals surface area contributed by atoms with Crippen molar-refractivity contribution in [2.75, 3.05) is 13.2 Å². The lowest BCUT2D eigenvalue weighted by atomic mass is 9.80. The molecule has 2 heteroatoms. The first kappa shape index (κ1) is 9.01. The molecule has 0 saturated carbocycles. The molecule has 1 heterocycles. The number of ether oxygens (including phenoxy) is 1. The SMILES string of the molecule is CCC1(CC)CO[C@@H](CN)C1. The van der Waals surface area contributed by atoms with E-state index in [4.69, 9.17) is 10.5 Å². The van der Waals surface area contributed by atoms with Crippen LogP contribution in [0.15, 0.2) is 0 Å². The molecule has 0 bridgehead atoms. The molecule has 1 saturated heterocycles. The molecule has 0 unspecified atom stereocenters. The first-order chi connectivity index (χ1) is 5.26. The second kappa shape index (κ2) is 3.55. The molecule has 0 radical (unpaired) electrons. The average Bonchev–Trinajstić information content (AvgIpc) is 2.49. The lowest BCUT2D eigenvalue weighted by Crippen LogP contribution is -2.22. The van der Waals surface area contributed by atoms with Gasteiger partial charge in [0.2, 0.25) is 0 Å². The maximum absolute atomic E-state index is 5.57. The predicted molar refractivity (Wildman–Crippen MR) is 46.4 cm³/mol. The van der Waals surface area contributed by atoms with Gasteiger partial charge in [0.1, 0.15) is 0 Å². The van der Waals surface area contributed by atoms with E-state index in [1.54, 1.807) is 0 Å². The van der Waals surface area contributed by atoms with E-state index in [-0.39, 0.29) is 0 Å². The van der Waals surface area contributed by atoms with Gasteiger partial charge < -0.3 is 10.5 Å². The highest BCUT2D eigenvalue weighted by molar-refractivity contribution is 4.86. The van der Waals surface area contributed by atoms with E-state index in [2.05, 4.69) is 13.8 Å². The fourth-order valence-electron chi connectivity index (χ4n) is 1.79. The van der Waals surface area contributed by atoms with E-state index < -0.39 is 0 Å². The van der Waals surface area contributed by atoms with Crippen molar-refractivity contribution in [3.8, 4) is 0 Å². The summed E-state index contributed by atoms with van der Waals surface area (Å²) in [6, 6.07) is 0. The van der Waals surface area contributed by atoms with Crippen molar-refractivity contribution in [3.63, 3.8) is 0 Å². The first-order valence-electron chi connectivity index (χ1n) is 4.58. The van der Waals surface area contributed by atoms with Crippen LogP contribution in [0.5, 0.6) is 0 Å². The number of hydrogen-bond acceptors (Lipinski definition) is 2. The summed E-state index contributed by atoms with van der Waals surface area (Å²) in [5.74, 6) is 0. The summed E-state index contributed by atoms with van der Waals surface area (Å²) in [7, 11) is 0. The lowest BCUT2D eigenvalue weighted by Gasteiger charge is -2.23. The molecule has 1 aliphatic rings. The van der Waals surface area contributed by atoms with Crippen molar-refractivity contribution < 1.29 is 4.74 Å². The highest BCUT2D eigenvalue weighted by Gasteiger charge is 2.36. The largest absolute Gasteiger partial charge is 0.376 e. The van der Waals surface area contributed by atoms with E-state index in [0.29, 0.717) is 18.1 Å². The third-order valence-corrected chi connectivity index (χ3v) is 3.05. The van der Waals surface area contributed by atoms with Crippen LogP contribution >= 0.6 is 0 Å². The molecule has 0 aromatic heterocycles. The summed E-state index contributed by atoms with van der Waals surface area (Å²) in [6.07, 6.45) is 3.94. The molecule has 1 atom stereocenters. The van der Waals surface area contributed by atoms with Gasteiger partial charge in [-0.15, -0.1) is 0 Å². The lowest BCUT2D eigenvalue weighted by molar-refractivity contribution is 0.0973. The monoisotopic (exact) mass is 157 g/mol. The Labute approximate surface area is 69.1 Å². The van der Waals surface area contributed by atoms with E-state index >= 15 is 0 Å². The number of rotatable bonds is 3. The second-order valence-electron chi connectivity index (χ2n) is 3.58. The predicted octanol–water partition coefficient (Wildman–Crippen LogP) is 1.54. The van der Waals surface area contributed by atoms with Gasteiger partial charge in [-0.1, -0.05) is 13.8 Å². The quantitative estimate of drug-likeness (QED) is 0.674. The van der Waals surface area contributed by atoms with Gasteiger partial charge in [0, 0.05) is 6.54 Å². The van der Waals surface area contributed by atoms with Crippen molar-refractivity contribution in [1.82, 2.24) is 0 Å². The van der Waals surface area contributed by atoms with Crippen molar-refractivity contribution in [1.29, 1.82) is 0 Å². The summed E-state index contributed by atoms with van der Waals surface area (Å²) in [5, 5.41) is 0. The van der Waals surface area contributed by atoms with E-state index in [0.717, 1.165) is 13.0 Å². The van der Waals surface area contributed by atoms with Crippen LogP contribution in [0, 0.1) is 5.41 Å². The van der Waals surface area contributed by atoms with Crippen LogP contribution in [0.1, 0.15) is 33.1 Å². The molecule has 0 spiro atoms. The third kappa shape index (κ3) is 1.74. The number of nitrogens with two attached hydrogens (primary N) is 1. The van der Waals surface area contributed by atoms with Gasteiger partial charge in [-0.05, 0) is 24.7 Å². The maximum Gasteiger partial charge on any atom is 0.0703 e. The molecule has 2 N–H and O–H groups in total. The Morgan fingerprint density at radius 1 is 1.45 bits per heavy atom. The zero-order chi connectivity index (χ0) is 8.32. The average molecular weight is 157 g/mol. The first-order valence-corrected chi connectivity index (χ1v) is 4.58. The molecule has 0 amide bonds. The molecule has 0 aromatic rings. The molecule has 1 fully saturated rings. The fraction of sp³-hybridized carbons (Fsp3) is 1.00. The summed E-state index contributed by atoms with van der Waals surface area (Å²) in [4.78, 5) is 0. The fourth-order valence-corrected chi connectivity index (χ4v) is 1.79. The van der Waals surface area contributed by atoms with Gasteiger partial charge in [0.05, 0.1) is 12.7 Å². The standard InChI is InChI=1S/C9H19NO/c1-3-9(4-2)5-8(6-10)11-7-9/h8H,3-7,10H2,1-2H3/t8-/m1/s1. The Hall–Kier alpha value is -0.0800. The molecule has 1 aliphatic heterocycles. The van der Waals surface area contributed by atoms with E-state index in [9.17, 15) is 0 Å². The highest BCUT2D eigenvalue weighted by Crippen LogP contribution is 2.38. The van der Waals surface area contributed by atoms with Gasteiger partial charge in [0.15, 0.2) is 0 Å². The second-order valence-corrected chi connectivity index (χ2v) is 3.58. The van der Waals surface area contributed by atoms with Crippen molar-refractivity contribution in [2.24, 2.45) is 11.1 Å². The number of hydrogen-bond donors (Lipinski definition) is 1. The normalized spacial score (nSPS) is 29.2.